The van der Waals surface area contributed by atoms with Gasteiger partial charge in [-0.15, -0.1) is 0 Å². The molecule has 1 fully saturated rings. The number of carbonyl (C=O) groups is 1. The number of amides is 1. The fourth-order valence-corrected chi connectivity index (χ4v) is 2.88. The highest BCUT2D eigenvalue weighted by molar-refractivity contribution is 5.76. The number of carbonyl (C=O) groups excluding carboxylic acids is 1. The number of hydrogen-bond donors (Lipinski definition) is 2. The van der Waals surface area contributed by atoms with E-state index in [4.69, 9.17) is 0 Å². The molecule has 0 radical (unpaired) electrons. The quantitative estimate of drug-likeness (QED) is 0.867. The Kier molecular flexibility index (Phi) is 5.60. The van der Waals surface area contributed by atoms with Crippen molar-refractivity contribution >= 4 is 5.91 Å². The van der Waals surface area contributed by atoms with Crippen molar-refractivity contribution in [3.8, 4) is 0 Å². The third-order valence-corrected chi connectivity index (χ3v) is 4.07. The van der Waals surface area contributed by atoms with Gasteiger partial charge in [-0.25, -0.2) is 0 Å². The standard InChI is InChI=1S/C17H26N2O/c1-13(2)17(15-6-4-3-5-7-15)19-16(20)12-14-8-10-18-11-9-14/h3-7,13-14,17-18H,8-12H2,1-2H3,(H,19,20). The molecule has 110 valence electrons. The maximum Gasteiger partial charge on any atom is 0.220 e. The van der Waals surface area contributed by atoms with Gasteiger partial charge in [0.15, 0.2) is 0 Å². The predicted octanol–water partition coefficient (Wildman–Crippen LogP) is 2.89. The topological polar surface area (TPSA) is 41.1 Å². The zero-order valence-electron chi connectivity index (χ0n) is 12.6. The van der Waals surface area contributed by atoms with Crippen molar-refractivity contribution in [2.75, 3.05) is 13.1 Å². The lowest BCUT2D eigenvalue weighted by molar-refractivity contribution is -0.123. The van der Waals surface area contributed by atoms with Crippen molar-refractivity contribution in [1.82, 2.24) is 10.6 Å². The molecular weight excluding hydrogens is 248 g/mol. The first-order valence-electron chi connectivity index (χ1n) is 7.72. The Labute approximate surface area is 122 Å². The molecule has 0 aromatic heterocycles. The largest absolute Gasteiger partial charge is 0.349 e. The highest BCUT2D eigenvalue weighted by Crippen LogP contribution is 2.22. The monoisotopic (exact) mass is 274 g/mol. The number of nitrogens with one attached hydrogen (secondary N) is 2. The summed E-state index contributed by atoms with van der Waals surface area (Å²) in [6.45, 7) is 6.40. The van der Waals surface area contributed by atoms with Crippen LogP contribution in [0, 0.1) is 11.8 Å². The zero-order chi connectivity index (χ0) is 14.4. The molecule has 1 saturated heterocycles. The van der Waals surface area contributed by atoms with E-state index >= 15 is 0 Å². The summed E-state index contributed by atoms with van der Waals surface area (Å²) in [7, 11) is 0. The molecule has 0 aliphatic carbocycles. The van der Waals surface area contributed by atoms with E-state index < -0.39 is 0 Å². The van der Waals surface area contributed by atoms with Gasteiger partial charge in [-0.1, -0.05) is 44.2 Å². The predicted molar refractivity (Wildman–Crippen MR) is 82.4 cm³/mol. The van der Waals surface area contributed by atoms with Crippen molar-refractivity contribution in [3.05, 3.63) is 35.9 Å². The van der Waals surface area contributed by atoms with Gasteiger partial charge in [0.05, 0.1) is 6.04 Å². The van der Waals surface area contributed by atoms with Crippen LogP contribution in [0.5, 0.6) is 0 Å². The Bertz CT molecular complexity index is 410. The van der Waals surface area contributed by atoms with E-state index in [0.29, 0.717) is 18.3 Å². The molecule has 2 N–H and O–H groups in total. The Hall–Kier alpha value is -1.35. The molecule has 1 amide bonds. The van der Waals surface area contributed by atoms with Crippen molar-refractivity contribution in [1.29, 1.82) is 0 Å². The number of rotatable bonds is 5. The molecular formula is C17H26N2O. The Balaban J connectivity index is 1.92. The van der Waals surface area contributed by atoms with Gasteiger partial charge in [0.1, 0.15) is 0 Å². The maximum absolute atomic E-state index is 12.3. The number of benzene rings is 1. The highest BCUT2D eigenvalue weighted by Gasteiger charge is 2.21. The van der Waals surface area contributed by atoms with E-state index in [0.717, 1.165) is 25.9 Å². The van der Waals surface area contributed by atoms with E-state index in [1.807, 2.05) is 18.2 Å². The Morgan fingerprint density at radius 1 is 1.25 bits per heavy atom. The van der Waals surface area contributed by atoms with Crippen molar-refractivity contribution in [2.24, 2.45) is 11.8 Å². The first-order chi connectivity index (χ1) is 9.66. The van der Waals surface area contributed by atoms with E-state index in [9.17, 15) is 4.79 Å². The zero-order valence-corrected chi connectivity index (χ0v) is 12.6. The molecule has 1 unspecified atom stereocenters. The normalized spacial score (nSPS) is 17.9. The molecule has 1 aliphatic rings. The van der Waals surface area contributed by atoms with Gasteiger partial charge in [0.25, 0.3) is 0 Å². The van der Waals surface area contributed by atoms with Crippen LogP contribution in [0.2, 0.25) is 0 Å². The summed E-state index contributed by atoms with van der Waals surface area (Å²) in [5.41, 5.74) is 1.20. The molecule has 1 aromatic rings. The summed E-state index contributed by atoms with van der Waals surface area (Å²) < 4.78 is 0. The first-order valence-corrected chi connectivity index (χ1v) is 7.72. The molecule has 0 bridgehead atoms. The summed E-state index contributed by atoms with van der Waals surface area (Å²) in [6.07, 6.45) is 2.90. The van der Waals surface area contributed by atoms with Crippen LogP contribution in [0.15, 0.2) is 30.3 Å². The first kappa shape index (κ1) is 15.0. The van der Waals surface area contributed by atoms with Gasteiger partial charge < -0.3 is 10.6 Å². The molecule has 3 heteroatoms. The number of piperidine rings is 1. The van der Waals surface area contributed by atoms with E-state index in [1.165, 1.54) is 5.56 Å². The van der Waals surface area contributed by atoms with Crippen LogP contribution in [0.25, 0.3) is 0 Å². The summed E-state index contributed by atoms with van der Waals surface area (Å²) >= 11 is 0. The lowest BCUT2D eigenvalue weighted by Gasteiger charge is -2.26. The van der Waals surface area contributed by atoms with Crippen LogP contribution in [-0.4, -0.2) is 19.0 Å². The molecule has 20 heavy (non-hydrogen) atoms. The van der Waals surface area contributed by atoms with Gasteiger partial charge in [0, 0.05) is 6.42 Å². The fraction of sp³-hybridized carbons (Fsp3) is 0.588. The molecule has 1 heterocycles. The van der Waals surface area contributed by atoms with Crippen molar-refractivity contribution < 1.29 is 4.79 Å². The molecule has 1 aromatic carbocycles. The van der Waals surface area contributed by atoms with Crippen LogP contribution in [0.4, 0.5) is 0 Å². The minimum Gasteiger partial charge on any atom is -0.349 e. The molecule has 1 atom stereocenters. The molecule has 2 rings (SSSR count). The van der Waals surface area contributed by atoms with Crippen LogP contribution in [0.1, 0.15) is 44.7 Å². The Morgan fingerprint density at radius 2 is 1.90 bits per heavy atom. The van der Waals surface area contributed by atoms with Crippen LogP contribution in [0.3, 0.4) is 0 Å². The second-order valence-electron chi connectivity index (χ2n) is 6.10. The third kappa shape index (κ3) is 4.34. The average molecular weight is 274 g/mol. The van der Waals surface area contributed by atoms with Gasteiger partial charge in [-0.05, 0) is 43.3 Å². The summed E-state index contributed by atoms with van der Waals surface area (Å²) in [6, 6.07) is 10.4. The van der Waals surface area contributed by atoms with E-state index in [-0.39, 0.29) is 11.9 Å². The van der Waals surface area contributed by atoms with Crippen molar-refractivity contribution in [2.45, 2.75) is 39.2 Å². The third-order valence-electron chi connectivity index (χ3n) is 4.07. The molecule has 0 saturated carbocycles. The molecule has 0 spiro atoms. The van der Waals surface area contributed by atoms with Gasteiger partial charge in [0.2, 0.25) is 5.91 Å². The second-order valence-corrected chi connectivity index (χ2v) is 6.10. The second kappa shape index (κ2) is 7.44. The average Bonchev–Trinajstić information content (AvgIpc) is 2.46. The minimum absolute atomic E-state index is 0.116. The summed E-state index contributed by atoms with van der Waals surface area (Å²) in [5.74, 6) is 1.13. The van der Waals surface area contributed by atoms with Crippen LogP contribution >= 0.6 is 0 Å². The molecule has 1 aliphatic heterocycles. The van der Waals surface area contributed by atoms with E-state index in [1.54, 1.807) is 0 Å². The number of hydrogen-bond acceptors (Lipinski definition) is 2. The maximum atomic E-state index is 12.3. The fourth-order valence-electron chi connectivity index (χ4n) is 2.88. The van der Waals surface area contributed by atoms with Gasteiger partial charge in [-0.2, -0.15) is 0 Å². The van der Waals surface area contributed by atoms with E-state index in [2.05, 4.69) is 36.6 Å². The van der Waals surface area contributed by atoms with Gasteiger partial charge in [-0.3, -0.25) is 4.79 Å². The smallest absolute Gasteiger partial charge is 0.220 e. The minimum atomic E-state index is 0.116. The molecule has 3 nitrogen and oxygen atoms in total. The summed E-state index contributed by atoms with van der Waals surface area (Å²) in [4.78, 5) is 12.3. The van der Waals surface area contributed by atoms with Crippen LogP contribution < -0.4 is 10.6 Å². The van der Waals surface area contributed by atoms with Crippen LogP contribution in [-0.2, 0) is 4.79 Å². The Morgan fingerprint density at radius 3 is 2.50 bits per heavy atom. The highest BCUT2D eigenvalue weighted by atomic mass is 16.1. The van der Waals surface area contributed by atoms with Crippen molar-refractivity contribution in [3.63, 3.8) is 0 Å². The lowest BCUT2D eigenvalue weighted by atomic mass is 9.92. The lowest BCUT2D eigenvalue weighted by Crippen LogP contribution is -2.35. The summed E-state index contributed by atoms with van der Waals surface area (Å²) in [5, 5.41) is 6.56. The SMILES string of the molecule is CC(C)C(NC(=O)CC1CCNCC1)c1ccccc1. The van der Waals surface area contributed by atoms with Gasteiger partial charge >= 0.3 is 0 Å².